The molecule has 0 aliphatic heterocycles. The first kappa shape index (κ1) is 11.1. The summed E-state index contributed by atoms with van der Waals surface area (Å²) in [4.78, 5) is 4.23. The van der Waals surface area contributed by atoms with Crippen molar-refractivity contribution in [3.63, 3.8) is 0 Å². The van der Waals surface area contributed by atoms with Crippen LogP contribution in [0.15, 0.2) is 24.5 Å². The molecule has 2 rings (SSSR count). The van der Waals surface area contributed by atoms with Crippen molar-refractivity contribution >= 4 is 11.6 Å². The third-order valence-electron chi connectivity index (χ3n) is 2.37. The topological polar surface area (TPSA) is 56.7 Å². The Balaban J connectivity index is 2.44. The molecule has 0 saturated heterocycles. The van der Waals surface area contributed by atoms with Crippen LogP contribution < -0.4 is 5.73 Å². The Labute approximate surface area is 99.1 Å². The van der Waals surface area contributed by atoms with Gasteiger partial charge in [0.2, 0.25) is 0 Å². The fourth-order valence-corrected chi connectivity index (χ4v) is 1.53. The summed E-state index contributed by atoms with van der Waals surface area (Å²) in [5.74, 6) is 0.727. The van der Waals surface area contributed by atoms with Gasteiger partial charge in [0.05, 0.1) is 16.9 Å². The summed E-state index contributed by atoms with van der Waals surface area (Å²) >= 11 is 5.95. The number of hydrogen-bond donors (Lipinski definition) is 1. The molecule has 2 aromatic heterocycles. The number of halogens is 1. The van der Waals surface area contributed by atoms with E-state index in [0.717, 1.165) is 17.1 Å². The van der Waals surface area contributed by atoms with Crippen molar-refractivity contribution in [3.05, 3.63) is 40.8 Å². The highest BCUT2D eigenvalue weighted by Gasteiger charge is 2.06. The molecule has 0 aliphatic rings. The molecular formula is C11H13ClN4. The molecule has 2 N–H and O–H groups in total. The highest BCUT2D eigenvalue weighted by Crippen LogP contribution is 2.17. The van der Waals surface area contributed by atoms with Gasteiger partial charge >= 0.3 is 0 Å². The van der Waals surface area contributed by atoms with Crippen LogP contribution in [0.25, 0.3) is 5.82 Å². The summed E-state index contributed by atoms with van der Waals surface area (Å²) in [5.41, 5.74) is 7.62. The Kier molecular flexibility index (Phi) is 2.94. The molecule has 0 aromatic carbocycles. The molecular weight excluding hydrogens is 224 g/mol. The summed E-state index contributed by atoms with van der Waals surface area (Å²) in [5, 5.41) is 4.89. The van der Waals surface area contributed by atoms with E-state index in [1.54, 1.807) is 17.1 Å². The molecule has 0 bridgehead atoms. The van der Waals surface area contributed by atoms with E-state index in [9.17, 15) is 0 Å². The highest BCUT2D eigenvalue weighted by molar-refractivity contribution is 6.31. The Hall–Kier alpha value is -1.39. The van der Waals surface area contributed by atoms with Crippen LogP contribution in [0.4, 0.5) is 0 Å². The lowest BCUT2D eigenvalue weighted by Crippen LogP contribution is -2.07. The average Bonchev–Trinajstić information content (AvgIpc) is 2.59. The van der Waals surface area contributed by atoms with E-state index in [0.29, 0.717) is 5.02 Å². The molecule has 0 unspecified atom stereocenters. The SMILES string of the molecule is Cc1nn(-c2cc([C@H](C)N)ccn2)cc1Cl. The van der Waals surface area contributed by atoms with Crippen LogP contribution >= 0.6 is 11.6 Å². The Morgan fingerprint density at radius 1 is 1.50 bits per heavy atom. The van der Waals surface area contributed by atoms with Crippen molar-refractivity contribution in [2.24, 2.45) is 5.73 Å². The van der Waals surface area contributed by atoms with Crippen molar-refractivity contribution < 1.29 is 0 Å². The van der Waals surface area contributed by atoms with Crippen molar-refractivity contribution in [3.8, 4) is 5.82 Å². The van der Waals surface area contributed by atoms with Crippen molar-refractivity contribution in [2.45, 2.75) is 19.9 Å². The monoisotopic (exact) mass is 236 g/mol. The van der Waals surface area contributed by atoms with Gasteiger partial charge < -0.3 is 5.73 Å². The number of nitrogens with zero attached hydrogens (tertiary/aromatic N) is 3. The summed E-state index contributed by atoms with van der Waals surface area (Å²) in [6, 6.07) is 3.79. The van der Waals surface area contributed by atoms with Crippen molar-refractivity contribution in [1.29, 1.82) is 0 Å². The molecule has 0 aliphatic carbocycles. The standard InChI is InChI=1S/C11H13ClN4/c1-7(13)9-3-4-14-11(5-9)16-6-10(12)8(2)15-16/h3-7H,13H2,1-2H3/t7-/m0/s1. The van der Waals surface area contributed by atoms with Crippen molar-refractivity contribution in [1.82, 2.24) is 14.8 Å². The van der Waals surface area contributed by atoms with E-state index in [-0.39, 0.29) is 6.04 Å². The van der Waals surface area contributed by atoms with Gasteiger partial charge in [-0.3, -0.25) is 0 Å². The Bertz CT molecular complexity index is 485. The van der Waals surface area contributed by atoms with Gasteiger partial charge in [-0.25, -0.2) is 9.67 Å². The minimum Gasteiger partial charge on any atom is -0.324 e. The van der Waals surface area contributed by atoms with E-state index in [2.05, 4.69) is 10.1 Å². The number of rotatable bonds is 2. The van der Waals surface area contributed by atoms with Gasteiger partial charge in [-0.2, -0.15) is 5.10 Å². The summed E-state index contributed by atoms with van der Waals surface area (Å²) in [7, 11) is 0. The lowest BCUT2D eigenvalue weighted by molar-refractivity contribution is 0.792. The summed E-state index contributed by atoms with van der Waals surface area (Å²) < 4.78 is 1.66. The van der Waals surface area contributed by atoms with Crippen LogP contribution in [0.3, 0.4) is 0 Å². The third kappa shape index (κ3) is 2.08. The van der Waals surface area contributed by atoms with Crippen LogP contribution in [-0.2, 0) is 0 Å². The predicted molar refractivity (Wildman–Crippen MR) is 63.7 cm³/mol. The quantitative estimate of drug-likeness (QED) is 0.870. The number of nitrogens with two attached hydrogens (primary N) is 1. The van der Waals surface area contributed by atoms with Gasteiger partial charge in [-0.05, 0) is 31.5 Å². The Morgan fingerprint density at radius 2 is 2.25 bits per heavy atom. The first-order valence-corrected chi connectivity index (χ1v) is 5.39. The second-order valence-electron chi connectivity index (χ2n) is 3.74. The van der Waals surface area contributed by atoms with E-state index >= 15 is 0 Å². The molecule has 1 atom stereocenters. The van der Waals surface area contributed by atoms with E-state index < -0.39 is 0 Å². The third-order valence-corrected chi connectivity index (χ3v) is 2.74. The molecule has 2 aromatic rings. The van der Waals surface area contributed by atoms with Gasteiger partial charge in [-0.1, -0.05) is 11.6 Å². The lowest BCUT2D eigenvalue weighted by atomic mass is 10.1. The highest BCUT2D eigenvalue weighted by atomic mass is 35.5. The fraction of sp³-hybridized carbons (Fsp3) is 0.273. The lowest BCUT2D eigenvalue weighted by Gasteiger charge is -2.07. The molecule has 2 heterocycles. The van der Waals surface area contributed by atoms with E-state index in [1.807, 2.05) is 26.0 Å². The average molecular weight is 237 g/mol. The minimum atomic E-state index is -0.0196. The molecule has 0 saturated carbocycles. The summed E-state index contributed by atoms with van der Waals surface area (Å²) in [6.45, 7) is 3.79. The minimum absolute atomic E-state index is 0.0196. The van der Waals surface area contributed by atoms with Gasteiger partial charge in [0, 0.05) is 12.2 Å². The zero-order valence-corrected chi connectivity index (χ0v) is 9.94. The largest absolute Gasteiger partial charge is 0.324 e. The van der Waals surface area contributed by atoms with Crippen LogP contribution in [0.2, 0.25) is 5.02 Å². The molecule has 5 heteroatoms. The van der Waals surface area contributed by atoms with Gasteiger partial charge in [-0.15, -0.1) is 0 Å². The van der Waals surface area contributed by atoms with Gasteiger partial charge in [0.25, 0.3) is 0 Å². The van der Waals surface area contributed by atoms with Crippen LogP contribution in [0.5, 0.6) is 0 Å². The normalized spacial score (nSPS) is 12.8. The second kappa shape index (κ2) is 4.23. The van der Waals surface area contributed by atoms with E-state index in [1.165, 1.54) is 0 Å². The molecule has 0 spiro atoms. The zero-order valence-electron chi connectivity index (χ0n) is 9.18. The maximum Gasteiger partial charge on any atom is 0.153 e. The number of pyridine rings is 1. The van der Waals surface area contributed by atoms with Crippen LogP contribution in [0.1, 0.15) is 24.2 Å². The maximum absolute atomic E-state index is 5.95. The van der Waals surface area contributed by atoms with Crippen molar-refractivity contribution in [2.75, 3.05) is 0 Å². The van der Waals surface area contributed by atoms with Crippen LogP contribution in [-0.4, -0.2) is 14.8 Å². The molecule has 0 fully saturated rings. The zero-order chi connectivity index (χ0) is 11.7. The first-order chi connectivity index (χ1) is 7.58. The molecule has 84 valence electrons. The maximum atomic E-state index is 5.95. The van der Waals surface area contributed by atoms with Gasteiger partial charge in [0.15, 0.2) is 5.82 Å². The molecule has 4 nitrogen and oxygen atoms in total. The molecule has 0 radical (unpaired) electrons. The smallest absolute Gasteiger partial charge is 0.153 e. The molecule has 0 amide bonds. The number of hydrogen-bond acceptors (Lipinski definition) is 3. The number of aryl methyl sites for hydroxylation is 1. The first-order valence-electron chi connectivity index (χ1n) is 5.01. The van der Waals surface area contributed by atoms with Crippen LogP contribution in [0, 0.1) is 6.92 Å². The van der Waals surface area contributed by atoms with Gasteiger partial charge in [0.1, 0.15) is 0 Å². The fourth-order valence-electron chi connectivity index (χ4n) is 1.40. The molecule has 16 heavy (non-hydrogen) atoms. The predicted octanol–water partition coefficient (Wildman–Crippen LogP) is 2.25. The second-order valence-corrected chi connectivity index (χ2v) is 4.15. The summed E-state index contributed by atoms with van der Waals surface area (Å²) in [6.07, 6.45) is 3.46. The Morgan fingerprint density at radius 3 is 2.81 bits per heavy atom. The number of aromatic nitrogens is 3. The van der Waals surface area contributed by atoms with E-state index in [4.69, 9.17) is 17.3 Å².